The molecular formula is C10H7N5O2. The van der Waals surface area contributed by atoms with Crippen LogP contribution in [-0.2, 0) is 0 Å². The maximum Gasteiger partial charge on any atom is 0.289 e. The second kappa shape index (κ2) is 4.02. The number of hydrogen-bond donors (Lipinski definition) is 0. The van der Waals surface area contributed by atoms with Crippen LogP contribution in [0.4, 0.5) is 5.69 Å². The molecule has 7 nitrogen and oxygen atoms in total. The highest BCUT2D eigenvalue weighted by molar-refractivity contribution is 5.48. The second-order valence-electron chi connectivity index (χ2n) is 3.34. The standard InChI is InChI=1S/C10H7N5O2/c1-7-2-3-14(13-7)10-8(5-11)4-9(6-12-10)15(16)17/h2-4,6H,1H3. The van der Waals surface area contributed by atoms with Crippen molar-refractivity contribution in [1.82, 2.24) is 14.8 Å². The van der Waals surface area contributed by atoms with E-state index < -0.39 is 4.92 Å². The number of aryl methyl sites for hydroxylation is 1. The number of nitriles is 1. The average molecular weight is 229 g/mol. The number of nitro groups is 1. The van der Waals surface area contributed by atoms with Crippen LogP contribution in [0.1, 0.15) is 11.3 Å². The highest BCUT2D eigenvalue weighted by Gasteiger charge is 2.13. The van der Waals surface area contributed by atoms with Crippen molar-refractivity contribution in [2.75, 3.05) is 0 Å². The first kappa shape index (κ1) is 10.8. The van der Waals surface area contributed by atoms with Crippen LogP contribution in [-0.4, -0.2) is 19.7 Å². The van der Waals surface area contributed by atoms with E-state index in [9.17, 15) is 10.1 Å². The van der Waals surface area contributed by atoms with Crippen LogP contribution in [0, 0.1) is 28.4 Å². The molecule has 0 amide bonds. The Morgan fingerprint density at radius 1 is 1.59 bits per heavy atom. The van der Waals surface area contributed by atoms with E-state index in [0.717, 1.165) is 11.9 Å². The second-order valence-corrected chi connectivity index (χ2v) is 3.34. The Morgan fingerprint density at radius 2 is 2.35 bits per heavy atom. The smallest absolute Gasteiger partial charge is 0.258 e. The van der Waals surface area contributed by atoms with E-state index in [2.05, 4.69) is 10.1 Å². The number of hydrogen-bond acceptors (Lipinski definition) is 5. The molecule has 0 atom stereocenters. The molecule has 84 valence electrons. The van der Waals surface area contributed by atoms with Gasteiger partial charge in [-0.1, -0.05) is 0 Å². The molecule has 2 rings (SSSR count). The fraction of sp³-hybridized carbons (Fsp3) is 0.100. The minimum atomic E-state index is -0.591. The van der Waals surface area contributed by atoms with Gasteiger partial charge in [0.25, 0.3) is 5.69 Å². The molecule has 2 aromatic rings. The number of aromatic nitrogens is 3. The summed E-state index contributed by atoms with van der Waals surface area (Å²) in [7, 11) is 0. The van der Waals surface area contributed by atoms with Crippen molar-refractivity contribution in [3.63, 3.8) is 0 Å². The molecule has 0 aromatic carbocycles. The number of pyridine rings is 1. The maximum absolute atomic E-state index is 10.6. The monoisotopic (exact) mass is 229 g/mol. The van der Waals surface area contributed by atoms with Gasteiger partial charge in [-0.25, -0.2) is 9.67 Å². The molecule has 0 unspecified atom stereocenters. The van der Waals surface area contributed by atoms with Crippen molar-refractivity contribution < 1.29 is 4.92 Å². The highest BCUT2D eigenvalue weighted by Crippen LogP contribution is 2.17. The van der Waals surface area contributed by atoms with E-state index >= 15 is 0 Å². The van der Waals surface area contributed by atoms with E-state index in [1.165, 1.54) is 10.7 Å². The van der Waals surface area contributed by atoms with Gasteiger partial charge in [-0.2, -0.15) is 10.4 Å². The molecule has 7 heteroatoms. The Bertz CT molecular complexity index is 626. The van der Waals surface area contributed by atoms with Gasteiger partial charge >= 0.3 is 0 Å². The van der Waals surface area contributed by atoms with Crippen molar-refractivity contribution in [2.24, 2.45) is 0 Å². The van der Waals surface area contributed by atoms with Gasteiger partial charge in [-0.3, -0.25) is 10.1 Å². The van der Waals surface area contributed by atoms with Crippen molar-refractivity contribution in [3.8, 4) is 11.9 Å². The molecule has 0 radical (unpaired) electrons. The highest BCUT2D eigenvalue weighted by atomic mass is 16.6. The quantitative estimate of drug-likeness (QED) is 0.571. The van der Waals surface area contributed by atoms with Crippen LogP contribution in [0.25, 0.3) is 5.82 Å². The normalized spacial score (nSPS) is 9.88. The summed E-state index contributed by atoms with van der Waals surface area (Å²) in [5.41, 5.74) is 0.672. The lowest BCUT2D eigenvalue weighted by molar-refractivity contribution is -0.385. The van der Waals surface area contributed by atoms with Crippen molar-refractivity contribution >= 4 is 5.69 Å². The zero-order valence-electron chi connectivity index (χ0n) is 8.86. The SMILES string of the molecule is Cc1ccn(-c2ncc([N+](=O)[O-])cc2C#N)n1. The third-order valence-corrected chi connectivity index (χ3v) is 2.12. The zero-order chi connectivity index (χ0) is 12.4. The van der Waals surface area contributed by atoms with Crippen LogP contribution < -0.4 is 0 Å². The van der Waals surface area contributed by atoms with E-state index in [1.807, 2.05) is 6.07 Å². The first-order valence-corrected chi connectivity index (χ1v) is 4.69. The number of rotatable bonds is 2. The Morgan fingerprint density at radius 3 is 2.88 bits per heavy atom. The molecule has 0 bridgehead atoms. The Hall–Kier alpha value is -2.75. The largest absolute Gasteiger partial charge is 0.289 e. The molecular weight excluding hydrogens is 222 g/mol. The topological polar surface area (TPSA) is 97.6 Å². The Labute approximate surface area is 96.1 Å². The number of nitrogens with zero attached hydrogens (tertiary/aromatic N) is 5. The summed E-state index contributed by atoms with van der Waals surface area (Å²) in [6.45, 7) is 1.80. The fourth-order valence-electron chi connectivity index (χ4n) is 1.34. The lowest BCUT2D eigenvalue weighted by atomic mass is 10.2. The third kappa shape index (κ3) is 1.96. The Kier molecular flexibility index (Phi) is 2.54. The predicted octanol–water partition coefficient (Wildman–Crippen LogP) is 1.36. The molecule has 2 heterocycles. The summed E-state index contributed by atoms with van der Waals surface area (Å²) in [6, 6.07) is 4.80. The van der Waals surface area contributed by atoms with Gasteiger partial charge in [0.15, 0.2) is 5.82 Å². The van der Waals surface area contributed by atoms with Gasteiger partial charge in [-0.05, 0) is 13.0 Å². The van der Waals surface area contributed by atoms with E-state index in [1.54, 1.807) is 19.2 Å². The van der Waals surface area contributed by atoms with Crippen LogP contribution >= 0.6 is 0 Å². The van der Waals surface area contributed by atoms with Gasteiger partial charge < -0.3 is 0 Å². The minimum Gasteiger partial charge on any atom is -0.258 e. The summed E-state index contributed by atoms with van der Waals surface area (Å²) < 4.78 is 1.41. The first-order chi connectivity index (χ1) is 8.11. The summed E-state index contributed by atoms with van der Waals surface area (Å²) in [5.74, 6) is 0.284. The van der Waals surface area contributed by atoms with Gasteiger partial charge in [0.1, 0.15) is 17.8 Å². The summed E-state index contributed by atoms with van der Waals surface area (Å²) in [5, 5.41) is 23.6. The summed E-state index contributed by atoms with van der Waals surface area (Å²) in [6.07, 6.45) is 2.75. The predicted molar refractivity (Wildman–Crippen MR) is 57.5 cm³/mol. The Balaban J connectivity index is 2.56. The molecule has 0 aliphatic rings. The van der Waals surface area contributed by atoms with Crippen LogP contribution in [0.3, 0.4) is 0 Å². The zero-order valence-corrected chi connectivity index (χ0v) is 8.86. The van der Waals surface area contributed by atoms with E-state index in [4.69, 9.17) is 5.26 Å². The first-order valence-electron chi connectivity index (χ1n) is 4.69. The molecule has 0 N–H and O–H groups in total. The van der Waals surface area contributed by atoms with Gasteiger partial charge in [-0.15, -0.1) is 0 Å². The molecule has 17 heavy (non-hydrogen) atoms. The maximum atomic E-state index is 10.6. The molecule has 0 saturated carbocycles. The van der Waals surface area contributed by atoms with Crippen LogP contribution in [0.15, 0.2) is 24.5 Å². The van der Waals surface area contributed by atoms with E-state index in [0.29, 0.717) is 0 Å². The minimum absolute atomic E-state index is 0.113. The molecule has 0 aliphatic heterocycles. The van der Waals surface area contributed by atoms with Crippen molar-refractivity contribution in [2.45, 2.75) is 6.92 Å². The summed E-state index contributed by atoms with van der Waals surface area (Å²) >= 11 is 0. The third-order valence-electron chi connectivity index (χ3n) is 2.12. The van der Waals surface area contributed by atoms with Crippen LogP contribution in [0.2, 0.25) is 0 Å². The van der Waals surface area contributed by atoms with Crippen molar-refractivity contribution in [3.05, 3.63) is 45.9 Å². The van der Waals surface area contributed by atoms with Gasteiger partial charge in [0.2, 0.25) is 0 Å². The van der Waals surface area contributed by atoms with Gasteiger partial charge in [0, 0.05) is 12.3 Å². The van der Waals surface area contributed by atoms with Crippen molar-refractivity contribution in [1.29, 1.82) is 5.26 Å². The summed E-state index contributed by atoms with van der Waals surface area (Å²) in [4.78, 5) is 13.9. The molecule has 0 fully saturated rings. The van der Waals surface area contributed by atoms with Crippen LogP contribution in [0.5, 0.6) is 0 Å². The molecule has 0 aliphatic carbocycles. The van der Waals surface area contributed by atoms with Gasteiger partial charge in [0.05, 0.1) is 10.6 Å². The van der Waals surface area contributed by atoms with E-state index in [-0.39, 0.29) is 17.1 Å². The lowest BCUT2D eigenvalue weighted by Crippen LogP contribution is -2.03. The molecule has 0 saturated heterocycles. The molecule has 2 aromatic heterocycles. The average Bonchev–Trinajstić information content (AvgIpc) is 2.74. The molecule has 0 spiro atoms. The lowest BCUT2D eigenvalue weighted by Gasteiger charge is -2.01. The fourth-order valence-corrected chi connectivity index (χ4v) is 1.34.